The highest BCUT2D eigenvalue weighted by Gasteiger charge is 2.31. The van der Waals surface area contributed by atoms with Crippen LogP contribution in [0, 0.1) is 5.92 Å². The van der Waals surface area contributed by atoms with Crippen LogP contribution in [0.3, 0.4) is 0 Å². The van der Waals surface area contributed by atoms with E-state index in [0.29, 0.717) is 44.5 Å². The van der Waals surface area contributed by atoms with Crippen LogP contribution in [-0.4, -0.2) is 49.5 Å². The van der Waals surface area contributed by atoms with Crippen molar-refractivity contribution in [3.8, 4) is 0 Å². The normalized spacial score (nSPS) is 12.7. The van der Waals surface area contributed by atoms with Gasteiger partial charge in [-0.05, 0) is 54.2 Å². The molecule has 3 aromatic rings. The van der Waals surface area contributed by atoms with Crippen molar-refractivity contribution in [2.24, 2.45) is 5.92 Å². The molecule has 0 aliphatic rings. The third-order valence-corrected chi connectivity index (χ3v) is 8.66. The lowest BCUT2D eigenvalue weighted by molar-refractivity contribution is -0.121. The molecule has 3 aromatic carbocycles. The fourth-order valence-electron chi connectivity index (χ4n) is 4.69. The number of benzene rings is 3. The molecule has 0 unspecified atom stereocenters. The van der Waals surface area contributed by atoms with Gasteiger partial charge in [0.1, 0.15) is 0 Å². The summed E-state index contributed by atoms with van der Waals surface area (Å²) in [4.78, 5) is 13.0. The molecule has 0 saturated carbocycles. The van der Waals surface area contributed by atoms with Gasteiger partial charge in [0.05, 0.1) is 11.5 Å². The first kappa shape index (κ1) is 30.3. The van der Waals surface area contributed by atoms with Crippen molar-refractivity contribution in [3.05, 3.63) is 96.1 Å². The van der Waals surface area contributed by atoms with Gasteiger partial charge in [-0.2, -0.15) is 4.31 Å². The predicted molar refractivity (Wildman–Crippen MR) is 157 cm³/mol. The predicted octanol–water partition coefficient (Wildman–Crippen LogP) is 4.79. The van der Waals surface area contributed by atoms with Crippen molar-refractivity contribution in [1.82, 2.24) is 9.62 Å². The van der Waals surface area contributed by atoms with Crippen molar-refractivity contribution >= 4 is 21.6 Å². The van der Waals surface area contributed by atoms with Crippen LogP contribution in [0.5, 0.6) is 0 Å². The maximum Gasteiger partial charge on any atom is 0.243 e. The highest BCUT2D eigenvalue weighted by atomic mass is 32.2. The van der Waals surface area contributed by atoms with Crippen LogP contribution in [0.4, 0.5) is 5.69 Å². The molecular formula is C31H41N3O4S. The molecule has 0 aliphatic carbocycles. The van der Waals surface area contributed by atoms with Crippen LogP contribution in [0.1, 0.15) is 56.6 Å². The van der Waals surface area contributed by atoms with Gasteiger partial charge in [-0.25, -0.2) is 8.42 Å². The molecule has 0 aliphatic heterocycles. The summed E-state index contributed by atoms with van der Waals surface area (Å²) in [6, 6.07) is 25.6. The summed E-state index contributed by atoms with van der Waals surface area (Å²) < 4.78 is 28.2. The number of nitrogens with zero attached hydrogens (tertiary/aromatic N) is 1. The second-order valence-electron chi connectivity index (χ2n) is 10.3. The standard InChI is InChI=1S/C31H41N3O4S/c1-24(2)22-34(39(37,38)29-18-16-27(32)17-19-29)28(23-35)15-9-10-20-33-31(36)21-30(25-11-5-3-6-12-25)26-13-7-4-8-14-26/h3-8,11-14,16-19,24,28,30,35H,9-10,15,20-23,32H2,1-2H3,(H,33,36)/t28-/m0/s1. The summed E-state index contributed by atoms with van der Waals surface area (Å²) in [5, 5.41) is 13.2. The third kappa shape index (κ3) is 8.92. The van der Waals surface area contributed by atoms with Crippen molar-refractivity contribution in [3.63, 3.8) is 0 Å². The van der Waals surface area contributed by atoms with E-state index in [4.69, 9.17) is 5.73 Å². The van der Waals surface area contributed by atoms with E-state index in [0.717, 1.165) is 11.1 Å². The van der Waals surface area contributed by atoms with Crippen LogP contribution in [-0.2, 0) is 14.8 Å². The van der Waals surface area contributed by atoms with Crippen LogP contribution >= 0.6 is 0 Å². The third-order valence-electron chi connectivity index (χ3n) is 6.73. The molecule has 0 fully saturated rings. The van der Waals surface area contributed by atoms with Crippen LogP contribution in [0.25, 0.3) is 0 Å². The molecule has 210 valence electrons. The lowest BCUT2D eigenvalue weighted by Crippen LogP contribution is -2.44. The summed E-state index contributed by atoms with van der Waals surface area (Å²) in [6.45, 7) is 4.42. The Labute approximate surface area is 233 Å². The number of nitrogen functional groups attached to an aromatic ring is 1. The Morgan fingerprint density at radius 2 is 1.46 bits per heavy atom. The maximum absolute atomic E-state index is 13.4. The Morgan fingerprint density at radius 1 is 0.897 bits per heavy atom. The maximum atomic E-state index is 13.4. The zero-order valence-electron chi connectivity index (χ0n) is 22.9. The first-order chi connectivity index (χ1) is 18.7. The molecule has 39 heavy (non-hydrogen) atoms. The van der Waals surface area contributed by atoms with Gasteiger partial charge in [0.15, 0.2) is 0 Å². The first-order valence-electron chi connectivity index (χ1n) is 13.6. The van der Waals surface area contributed by atoms with E-state index < -0.39 is 16.1 Å². The number of rotatable bonds is 15. The zero-order chi connectivity index (χ0) is 28.3. The van der Waals surface area contributed by atoms with E-state index in [1.165, 1.54) is 16.4 Å². The lowest BCUT2D eigenvalue weighted by atomic mass is 9.88. The minimum atomic E-state index is -3.80. The molecule has 0 aromatic heterocycles. The number of anilines is 1. The number of carbonyl (C=O) groups is 1. The van der Waals surface area contributed by atoms with Crippen LogP contribution in [0.2, 0.25) is 0 Å². The molecule has 0 radical (unpaired) electrons. The van der Waals surface area contributed by atoms with Gasteiger partial charge in [-0.3, -0.25) is 4.79 Å². The number of amides is 1. The molecule has 3 rings (SSSR count). The molecule has 1 atom stereocenters. The summed E-state index contributed by atoms with van der Waals surface area (Å²) in [5.41, 5.74) is 8.41. The van der Waals surface area contributed by atoms with Gasteiger partial charge in [0.25, 0.3) is 0 Å². The Balaban J connectivity index is 1.56. The quantitative estimate of drug-likeness (QED) is 0.186. The second-order valence-corrected chi connectivity index (χ2v) is 12.2. The van der Waals surface area contributed by atoms with Crippen LogP contribution < -0.4 is 11.1 Å². The monoisotopic (exact) mass is 551 g/mol. The number of nitrogens with one attached hydrogen (secondary N) is 1. The number of hydrogen-bond donors (Lipinski definition) is 3. The van der Waals surface area contributed by atoms with Gasteiger partial charge in [-0.15, -0.1) is 0 Å². The van der Waals surface area contributed by atoms with E-state index >= 15 is 0 Å². The Bertz CT molecular complexity index is 1210. The topological polar surface area (TPSA) is 113 Å². The molecule has 0 heterocycles. The van der Waals surface area contributed by atoms with Gasteiger partial charge >= 0.3 is 0 Å². The largest absolute Gasteiger partial charge is 0.399 e. The minimum Gasteiger partial charge on any atom is -0.399 e. The second kappa shape index (κ2) is 14.8. The molecule has 7 nitrogen and oxygen atoms in total. The van der Waals surface area contributed by atoms with Crippen molar-refractivity contribution < 1.29 is 18.3 Å². The van der Waals surface area contributed by atoms with E-state index in [2.05, 4.69) is 5.32 Å². The van der Waals surface area contributed by atoms with Crippen molar-refractivity contribution in [1.29, 1.82) is 0 Å². The van der Waals surface area contributed by atoms with Gasteiger partial charge in [0.2, 0.25) is 15.9 Å². The lowest BCUT2D eigenvalue weighted by Gasteiger charge is -2.31. The average Bonchev–Trinajstić information content (AvgIpc) is 2.93. The summed E-state index contributed by atoms with van der Waals surface area (Å²) in [6.07, 6.45) is 2.18. The summed E-state index contributed by atoms with van der Waals surface area (Å²) >= 11 is 0. The first-order valence-corrected chi connectivity index (χ1v) is 15.0. The minimum absolute atomic E-state index is 0.0289. The molecule has 4 N–H and O–H groups in total. The molecule has 0 spiro atoms. The highest BCUT2D eigenvalue weighted by molar-refractivity contribution is 7.89. The number of hydrogen-bond acceptors (Lipinski definition) is 5. The zero-order valence-corrected chi connectivity index (χ0v) is 23.7. The number of carbonyl (C=O) groups excluding carboxylic acids is 1. The van der Waals surface area contributed by atoms with Gasteiger partial charge in [-0.1, -0.05) is 80.9 Å². The number of unbranched alkanes of at least 4 members (excludes halogenated alkanes) is 1. The van der Waals surface area contributed by atoms with Gasteiger partial charge < -0.3 is 16.2 Å². The molecule has 8 heteroatoms. The fraction of sp³-hybridized carbons (Fsp3) is 0.387. The van der Waals surface area contributed by atoms with Crippen LogP contribution in [0.15, 0.2) is 89.8 Å². The number of sulfonamides is 1. The van der Waals surface area contributed by atoms with E-state index in [-0.39, 0.29) is 29.2 Å². The molecule has 1 amide bonds. The number of aliphatic hydroxyl groups excluding tert-OH is 1. The number of nitrogens with two attached hydrogens (primary N) is 1. The highest BCUT2D eigenvalue weighted by Crippen LogP contribution is 2.28. The van der Waals surface area contributed by atoms with E-state index in [1.54, 1.807) is 12.1 Å². The average molecular weight is 552 g/mol. The van der Waals surface area contributed by atoms with Gasteiger partial charge in [0, 0.05) is 37.2 Å². The van der Waals surface area contributed by atoms with Crippen molar-refractivity contribution in [2.75, 3.05) is 25.4 Å². The molecule has 0 bridgehead atoms. The summed E-state index contributed by atoms with van der Waals surface area (Å²) in [7, 11) is -3.80. The number of aliphatic hydroxyl groups is 1. The smallest absolute Gasteiger partial charge is 0.243 e. The summed E-state index contributed by atoms with van der Waals surface area (Å²) in [5.74, 6) is 0.0251. The Kier molecular flexibility index (Phi) is 11.5. The van der Waals surface area contributed by atoms with E-state index in [9.17, 15) is 18.3 Å². The van der Waals surface area contributed by atoms with Crippen molar-refractivity contribution in [2.45, 2.75) is 56.4 Å². The van der Waals surface area contributed by atoms with E-state index in [1.807, 2.05) is 74.5 Å². The Hall–Kier alpha value is -3.20. The SMILES string of the molecule is CC(C)CN([C@H](CO)CCCCNC(=O)CC(c1ccccc1)c1ccccc1)S(=O)(=O)c1ccc(N)cc1. The molecular weight excluding hydrogens is 510 g/mol. The molecule has 0 saturated heterocycles. The Morgan fingerprint density at radius 3 is 1.97 bits per heavy atom. The fourth-order valence-corrected chi connectivity index (χ4v) is 6.50.